The van der Waals surface area contributed by atoms with E-state index in [1.54, 1.807) is 6.07 Å². The lowest BCUT2D eigenvalue weighted by Gasteiger charge is -2.07. The van der Waals surface area contributed by atoms with Gasteiger partial charge < -0.3 is 5.32 Å². The predicted molar refractivity (Wildman–Crippen MR) is 75.9 cm³/mol. The van der Waals surface area contributed by atoms with Gasteiger partial charge in [-0.1, -0.05) is 15.9 Å². The molecule has 0 unspecified atom stereocenters. The quantitative estimate of drug-likeness (QED) is 0.520. The van der Waals surface area contributed by atoms with Gasteiger partial charge in [-0.2, -0.15) is 4.98 Å². The van der Waals surface area contributed by atoms with Crippen molar-refractivity contribution in [3.05, 3.63) is 49.8 Å². The molecule has 0 aliphatic carbocycles. The Kier molecular flexibility index (Phi) is 3.96. The van der Waals surface area contributed by atoms with Crippen LogP contribution in [-0.2, 0) is 0 Å². The van der Waals surface area contributed by atoms with E-state index in [1.165, 1.54) is 0 Å². The van der Waals surface area contributed by atoms with Crippen LogP contribution < -0.4 is 5.32 Å². The lowest BCUT2D eigenvalue weighted by Crippen LogP contribution is -2.01. The summed E-state index contributed by atoms with van der Waals surface area (Å²) in [5.74, 6) is 0.0618. The Labute approximate surface area is 122 Å². The van der Waals surface area contributed by atoms with Crippen LogP contribution in [-0.4, -0.2) is 14.9 Å². The Hall–Kier alpha value is -1.73. The fourth-order valence-electron chi connectivity index (χ4n) is 1.44. The van der Waals surface area contributed by atoms with Crippen molar-refractivity contribution in [2.45, 2.75) is 6.92 Å². The van der Waals surface area contributed by atoms with E-state index in [0.29, 0.717) is 5.69 Å². The molecule has 1 aromatic heterocycles. The van der Waals surface area contributed by atoms with Gasteiger partial charge in [-0.25, -0.2) is 4.98 Å². The monoisotopic (exact) mass is 342 g/mol. The highest BCUT2D eigenvalue weighted by Gasteiger charge is 2.17. The van der Waals surface area contributed by atoms with Crippen molar-refractivity contribution >= 4 is 44.7 Å². The second-order valence-electron chi connectivity index (χ2n) is 3.72. The van der Waals surface area contributed by atoms with Crippen LogP contribution >= 0.6 is 27.5 Å². The number of anilines is 2. The predicted octanol–water partition coefficient (Wildman–Crippen LogP) is 3.85. The molecule has 0 amide bonds. The number of aryl methyl sites for hydroxylation is 1. The Morgan fingerprint density at radius 1 is 1.47 bits per heavy atom. The van der Waals surface area contributed by atoms with E-state index < -0.39 is 4.92 Å². The molecule has 0 atom stereocenters. The molecular weight excluding hydrogens is 336 g/mol. The zero-order valence-electron chi connectivity index (χ0n) is 9.72. The largest absolute Gasteiger partial charge is 0.334 e. The molecule has 98 valence electrons. The number of aromatic nitrogens is 2. The molecule has 2 aromatic rings. The highest BCUT2D eigenvalue weighted by molar-refractivity contribution is 9.10. The van der Waals surface area contributed by atoms with Crippen molar-refractivity contribution in [2.75, 3.05) is 5.32 Å². The molecule has 0 radical (unpaired) electrons. The lowest BCUT2D eigenvalue weighted by molar-refractivity contribution is -0.384. The van der Waals surface area contributed by atoms with Crippen molar-refractivity contribution < 1.29 is 4.92 Å². The number of rotatable bonds is 3. The summed E-state index contributed by atoms with van der Waals surface area (Å²) in [6, 6.07) is 5.45. The molecule has 0 fully saturated rings. The number of halogens is 2. The van der Waals surface area contributed by atoms with E-state index in [4.69, 9.17) is 11.6 Å². The number of hydrogen-bond acceptors (Lipinski definition) is 5. The lowest BCUT2D eigenvalue weighted by atomic mass is 10.2. The van der Waals surface area contributed by atoms with Gasteiger partial charge in [0.05, 0.1) is 4.92 Å². The highest BCUT2D eigenvalue weighted by Crippen LogP contribution is 2.27. The van der Waals surface area contributed by atoms with Crippen molar-refractivity contribution in [3.8, 4) is 0 Å². The summed E-state index contributed by atoms with van der Waals surface area (Å²) in [6.45, 7) is 1.91. The second kappa shape index (κ2) is 5.50. The zero-order valence-corrected chi connectivity index (χ0v) is 12.1. The van der Waals surface area contributed by atoms with E-state index in [1.807, 2.05) is 19.1 Å². The van der Waals surface area contributed by atoms with Crippen LogP contribution in [0.5, 0.6) is 0 Å². The smallest absolute Gasteiger partial charge is 0.329 e. The van der Waals surface area contributed by atoms with Gasteiger partial charge in [0.25, 0.3) is 0 Å². The zero-order chi connectivity index (χ0) is 14.0. The molecule has 6 nitrogen and oxygen atoms in total. The maximum atomic E-state index is 10.9. The van der Waals surface area contributed by atoms with Crippen molar-refractivity contribution in [3.63, 3.8) is 0 Å². The first-order valence-corrected chi connectivity index (χ1v) is 6.34. The van der Waals surface area contributed by atoms with Crippen LogP contribution in [0.25, 0.3) is 0 Å². The summed E-state index contributed by atoms with van der Waals surface area (Å²) in [5.41, 5.74) is 1.44. The van der Waals surface area contributed by atoms with Gasteiger partial charge in [-0.3, -0.25) is 10.1 Å². The average Bonchev–Trinajstić information content (AvgIpc) is 2.33. The summed E-state index contributed by atoms with van der Waals surface area (Å²) >= 11 is 9.03. The van der Waals surface area contributed by atoms with Crippen LogP contribution in [0.1, 0.15) is 5.56 Å². The minimum absolute atomic E-state index is 0.0538. The molecule has 0 bridgehead atoms. The molecule has 8 heteroatoms. The van der Waals surface area contributed by atoms with E-state index in [-0.39, 0.29) is 16.8 Å². The van der Waals surface area contributed by atoms with Crippen molar-refractivity contribution in [2.24, 2.45) is 0 Å². The summed E-state index contributed by atoms with van der Waals surface area (Å²) in [6.07, 6.45) is 1.07. The van der Waals surface area contributed by atoms with Gasteiger partial charge in [0, 0.05) is 10.2 Å². The molecular formula is C11H8BrClN4O2. The number of benzene rings is 1. The molecule has 19 heavy (non-hydrogen) atoms. The fourth-order valence-corrected chi connectivity index (χ4v) is 1.82. The topological polar surface area (TPSA) is 81.0 Å². The first-order valence-electron chi connectivity index (χ1n) is 5.17. The van der Waals surface area contributed by atoms with Gasteiger partial charge in [0.1, 0.15) is 6.20 Å². The molecule has 1 aromatic carbocycles. The van der Waals surface area contributed by atoms with Gasteiger partial charge in [0.15, 0.2) is 0 Å². The Morgan fingerprint density at radius 3 is 2.84 bits per heavy atom. The normalized spacial score (nSPS) is 10.3. The van der Waals surface area contributed by atoms with E-state index in [9.17, 15) is 10.1 Å². The van der Waals surface area contributed by atoms with Gasteiger partial charge >= 0.3 is 5.69 Å². The minimum atomic E-state index is -0.565. The highest BCUT2D eigenvalue weighted by atomic mass is 79.9. The average molecular weight is 344 g/mol. The van der Waals surface area contributed by atoms with Gasteiger partial charge in [-0.05, 0) is 42.3 Å². The summed E-state index contributed by atoms with van der Waals surface area (Å²) in [4.78, 5) is 17.7. The van der Waals surface area contributed by atoms with Gasteiger partial charge in [0.2, 0.25) is 11.1 Å². The standard InChI is InChI=1S/C11H8BrClN4O2/c1-6-4-7(2-3-8(6)12)15-10-9(17(18)19)5-14-11(13)16-10/h2-5H,1H3,(H,14,15,16). The third kappa shape index (κ3) is 3.18. The number of hydrogen-bond donors (Lipinski definition) is 1. The van der Waals surface area contributed by atoms with Crippen LogP contribution in [0.3, 0.4) is 0 Å². The number of nitrogens with one attached hydrogen (secondary N) is 1. The summed E-state index contributed by atoms with van der Waals surface area (Å²) in [7, 11) is 0. The second-order valence-corrected chi connectivity index (χ2v) is 4.91. The SMILES string of the molecule is Cc1cc(Nc2nc(Cl)ncc2[N+](=O)[O-])ccc1Br. The van der Waals surface area contributed by atoms with Crippen LogP contribution in [0.2, 0.25) is 5.28 Å². The van der Waals surface area contributed by atoms with E-state index >= 15 is 0 Å². The minimum Gasteiger partial charge on any atom is -0.334 e. The molecule has 0 aliphatic heterocycles. The van der Waals surface area contributed by atoms with Crippen LogP contribution in [0.4, 0.5) is 17.2 Å². The maximum absolute atomic E-state index is 10.9. The Morgan fingerprint density at radius 2 is 2.21 bits per heavy atom. The van der Waals surface area contributed by atoms with Crippen LogP contribution in [0, 0.1) is 17.0 Å². The maximum Gasteiger partial charge on any atom is 0.329 e. The molecule has 1 N–H and O–H groups in total. The number of nitrogens with zero attached hydrogens (tertiary/aromatic N) is 3. The molecule has 2 rings (SSSR count). The fraction of sp³-hybridized carbons (Fsp3) is 0.0909. The molecule has 0 aliphatic rings. The number of nitro groups is 1. The van der Waals surface area contributed by atoms with Crippen molar-refractivity contribution in [1.29, 1.82) is 0 Å². The Bertz CT molecular complexity index is 651. The molecule has 0 spiro atoms. The summed E-state index contributed by atoms with van der Waals surface area (Å²) in [5, 5.41) is 13.7. The molecule has 0 saturated carbocycles. The Balaban J connectivity index is 2.39. The third-order valence-corrected chi connectivity index (χ3v) is 3.43. The van der Waals surface area contributed by atoms with E-state index in [0.717, 1.165) is 16.2 Å². The third-order valence-electron chi connectivity index (χ3n) is 2.36. The first-order chi connectivity index (χ1) is 8.97. The van der Waals surface area contributed by atoms with Crippen LogP contribution in [0.15, 0.2) is 28.9 Å². The van der Waals surface area contributed by atoms with E-state index in [2.05, 4.69) is 31.2 Å². The summed E-state index contributed by atoms with van der Waals surface area (Å²) < 4.78 is 0.952. The first kappa shape index (κ1) is 13.7. The van der Waals surface area contributed by atoms with Crippen molar-refractivity contribution in [1.82, 2.24) is 9.97 Å². The molecule has 0 saturated heterocycles. The van der Waals surface area contributed by atoms with Gasteiger partial charge in [-0.15, -0.1) is 0 Å². The molecule has 1 heterocycles.